The zero-order chi connectivity index (χ0) is 13.0. The number of rotatable bonds is 5. The van der Waals surface area contributed by atoms with E-state index in [2.05, 4.69) is 5.10 Å². The minimum absolute atomic E-state index is 0.221. The highest BCUT2D eigenvalue weighted by molar-refractivity contribution is 5.63. The second-order valence-corrected chi connectivity index (χ2v) is 4.24. The van der Waals surface area contributed by atoms with Crippen LogP contribution in [0.3, 0.4) is 0 Å². The molecule has 0 atom stereocenters. The van der Waals surface area contributed by atoms with E-state index in [1.54, 1.807) is 12.1 Å². The van der Waals surface area contributed by atoms with Gasteiger partial charge in [-0.15, -0.1) is 0 Å². The lowest BCUT2D eigenvalue weighted by molar-refractivity contribution is 0.627. The standard InChI is InChI=1S/C14H18FN3/c1-2-18-14(11-5-3-7-13(15)9-11)12(10-17-18)6-4-8-16/h3,5,7,9-10H,2,4,6,8,16H2,1H3. The number of aromatic nitrogens is 2. The van der Waals surface area contributed by atoms with Crippen LogP contribution in [-0.2, 0) is 13.0 Å². The number of benzene rings is 1. The quantitative estimate of drug-likeness (QED) is 0.882. The molecule has 96 valence electrons. The molecule has 1 heterocycles. The number of halogens is 1. The third-order valence-electron chi connectivity index (χ3n) is 2.96. The molecule has 4 heteroatoms. The number of nitrogens with two attached hydrogens (primary N) is 1. The predicted octanol–water partition coefficient (Wildman–Crippen LogP) is 2.60. The minimum atomic E-state index is -0.221. The summed E-state index contributed by atoms with van der Waals surface area (Å²) in [4.78, 5) is 0. The third-order valence-corrected chi connectivity index (χ3v) is 2.96. The first-order valence-corrected chi connectivity index (χ1v) is 6.27. The zero-order valence-corrected chi connectivity index (χ0v) is 10.6. The number of hydrogen-bond donors (Lipinski definition) is 1. The van der Waals surface area contributed by atoms with E-state index in [-0.39, 0.29) is 5.82 Å². The minimum Gasteiger partial charge on any atom is -0.330 e. The van der Waals surface area contributed by atoms with Crippen LogP contribution in [0.1, 0.15) is 18.9 Å². The van der Waals surface area contributed by atoms with E-state index < -0.39 is 0 Å². The molecule has 0 aliphatic heterocycles. The van der Waals surface area contributed by atoms with E-state index in [1.165, 1.54) is 6.07 Å². The Bertz CT molecular complexity index is 520. The van der Waals surface area contributed by atoms with Crippen LogP contribution in [0.4, 0.5) is 4.39 Å². The summed E-state index contributed by atoms with van der Waals surface area (Å²) >= 11 is 0. The third kappa shape index (κ3) is 2.59. The molecule has 0 fully saturated rings. The molecule has 0 radical (unpaired) electrons. The molecule has 18 heavy (non-hydrogen) atoms. The zero-order valence-electron chi connectivity index (χ0n) is 10.6. The van der Waals surface area contributed by atoms with Gasteiger partial charge in [0.2, 0.25) is 0 Å². The van der Waals surface area contributed by atoms with Crippen molar-refractivity contribution in [2.24, 2.45) is 5.73 Å². The van der Waals surface area contributed by atoms with E-state index in [0.717, 1.165) is 36.2 Å². The molecule has 0 saturated carbocycles. The van der Waals surface area contributed by atoms with Crippen LogP contribution in [0, 0.1) is 5.82 Å². The van der Waals surface area contributed by atoms with Crippen molar-refractivity contribution >= 4 is 0 Å². The maximum Gasteiger partial charge on any atom is 0.123 e. The first-order chi connectivity index (χ1) is 8.76. The van der Waals surface area contributed by atoms with Gasteiger partial charge in [-0.3, -0.25) is 4.68 Å². The fourth-order valence-electron chi connectivity index (χ4n) is 2.11. The molecular formula is C14H18FN3. The number of hydrogen-bond acceptors (Lipinski definition) is 2. The van der Waals surface area contributed by atoms with Crippen molar-refractivity contribution in [3.8, 4) is 11.3 Å². The molecule has 1 aromatic heterocycles. The van der Waals surface area contributed by atoms with Crippen molar-refractivity contribution < 1.29 is 4.39 Å². The molecule has 0 spiro atoms. The average Bonchev–Trinajstić information content (AvgIpc) is 2.79. The largest absolute Gasteiger partial charge is 0.330 e. The van der Waals surface area contributed by atoms with Gasteiger partial charge in [0.25, 0.3) is 0 Å². The Morgan fingerprint density at radius 1 is 1.39 bits per heavy atom. The molecule has 0 saturated heterocycles. The van der Waals surface area contributed by atoms with Crippen LogP contribution in [0.5, 0.6) is 0 Å². The molecule has 0 unspecified atom stereocenters. The molecule has 2 N–H and O–H groups in total. The average molecular weight is 247 g/mol. The highest BCUT2D eigenvalue weighted by Crippen LogP contribution is 2.25. The highest BCUT2D eigenvalue weighted by atomic mass is 19.1. The lowest BCUT2D eigenvalue weighted by Gasteiger charge is -2.08. The van der Waals surface area contributed by atoms with Gasteiger partial charge >= 0.3 is 0 Å². The van der Waals surface area contributed by atoms with Gasteiger partial charge in [-0.25, -0.2) is 4.39 Å². The van der Waals surface area contributed by atoms with Gasteiger partial charge < -0.3 is 5.73 Å². The first kappa shape index (κ1) is 12.8. The van der Waals surface area contributed by atoms with Crippen molar-refractivity contribution in [1.82, 2.24) is 9.78 Å². The van der Waals surface area contributed by atoms with Crippen LogP contribution >= 0.6 is 0 Å². The van der Waals surface area contributed by atoms with E-state index >= 15 is 0 Å². The molecular weight excluding hydrogens is 229 g/mol. The Morgan fingerprint density at radius 2 is 2.22 bits per heavy atom. The van der Waals surface area contributed by atoms with Gasteiger partial charge in [0, 0.05) is 12.1 Å². The van der Waals surface area contributed by atoms with Crippen LogP contribution in [-0.4, -0.2) is 16.3 Å². The van der Waals surface area contributed by atoms with Gasteiger partial charge in [0.1, 0.15) is 5.82 Å². The summed E-state index contributed by atoms with van der Waals surface area (Å²) in [5.74, 6) is -0.221. The lowest BCUT2D eigenvalue weighted by Crippen LogP contribution is -2.03. The summed E-state index contributed by atoms with van der Waals surface area (Å²) in [5.41, 5.74) is 8.55. The van der Waals surface area contributed by atoms with Gasteiger partial charge in [-0.1, -0.05) is 12.1 Å². The molecule has 2 rings (SSSR count). The van der Waals surface area contributed by atoms with E-state index in [1.807, 2.05) is 23.9 Å². The van der Waals surface area contributed by atoms with Crippen molar-refractivity contribution in [2.75, 3.05) is 6.54 Å². The molecule has 0 aliphatic carbocycles. The number of nitrogens with zero attached hydrogens (tertiary/aromatic N) is 2. The van der Waals surface area contributed by atoms with Crippen LogP contribution in [0.2, 0.25) is 0 Å². The second-order valence-electron chi connectivity index (χ2n) is 4.24. The van der Waals surface area contributed by atoms with Crippen LogP contribution < -0.4 is 5.73 Å². The Hall–Kier alpha value is -1.68. The molecule has 1 aromatic carbocycles. The first-order valence-electron chi connectivity index (χ1n) is 6.27. The summed E-state index contributed by atoms with van der Waals surface area (Å²) in [6.07, 6.45) is 3.65. The molecule has 2 aromatic rings. The molecule has 0 aliphatic rings. The predicted molar refractivity (Wildman–Crippen MR) is 70.7 cm³/mol. The maximum atomic E-state index is 13.3. The van der Waals surface area contributed by atoms with Crippen LogP contribution in [0.15, 0.2) is 30.5 Å². The molecule has 0 bridgehead atoms. The summed E-state index contributed by atoms with van der Waals surface area (Å²) < 4.78 is 15.2. The topological polar surface area (TPSA) is 43.8 Å². The summed E-state index contributed by atoms with van der Waals surface area (Å²) in [7, 11) is 0. The van der Waals surface area contributed by atoms with Gasteiger partial charge in [-0.05, 0) is 44.0 Å². The normalized spacial score (nSPS) is 10.8. The van der Waals surface area contributed by atoms with Crippen molar-refractivity contribution in [1.29, 1.82) is 0 Å². The fraction of sp³-hybridized carbons (Fsp3) is 0.357. The van der Waals surface area contributed by atoms with E-state index in [9.17, 15) is 4.39 Å². The summed E-state index contributed by atoms with van der Waals surface area (Å²) in [6, 6.07) is 6.65. The van der Waals surface area contributed by atoms with Gasteiger partial charge in [-0.2, -0.15) is 5.10 Å². The SMILES string of the molecule is CCn1ncc(CCCN)c1-c1cccc(F)c1. The Labute approximate surface area is 106 Å². The fourth-order valence-corrected chi connectivity index (χ4v) is 2.11. The summed E-state index contributed by atoms with van der Waals surface area (Å²) in [6.45, 7) is 3.46. The highest BCUT2D eigenvalue weighted by Gasteiger charge is 2.12. The Kier molecular flexibility index (Phi) is 4.10. The lowest BCUT2D eigenvalue weighted by atomic mass is 10.0. The summed E-state index contributed by atoms with van der Waals surface area (Å²) in [5, 5.41) is 4.35. The van der Waals surface area contributed by atoms with Crippen molar-refractivity contribution in [3.63, 3.8) is 0 Å². The van der Waals surface area contributed by atoms with Crippen LogP contribution in [0.25, 0.3) is 11.3 Å². The van der Waals surface area contributed by atoms with Crippen molar-refractivity contribution in [3.05, 3.63) is 41.8 Å². The van der Waals surface area contributed by atoms with E-state index in [0.29, 0.717) is 6.54 Å². The second kappa shape index (κ2) is 5.78. The Morgan fingerprint density at radius 3 is 2.89 bits per heavy atom. The molecule has 3 nitrogen and oxygen atoms in total. The number of aryl methyl sites for hydroxylation is 2. The Balaban J connectivity index is 2.43. The van der Waals surface area contributed by atoms with Crippen molar-refractivity contribution in [2.45, 2.75) is 26.3 Å². The van der Waals surface area contributed by atoms with Gasteiger partial charge in [0.05, 0.1) is 11.9 Å². The smallest absolute Gasteiger partial charge is 0.123 e. The van der Waals surface area contributed by atoms with E-state index in [4.69, 9.17) is 5.73 Å². The maximum absolute atomic E-state index is 13.3. The van der Waals surface area contributed by atoms with Gasteiger partial charge in [0.15, 0.2) is 0 Å². The monoisotopic (exact) mass is 247 g/mol. The molecule has 0 amide bonds.